The lowest BCUT2D eigenvalue weighted by Crippen LogP contribution is -2.46. The van der Waals surface area contributed by atoms with Crippen molar-refractivity contribution >= 4 is 15.8 Å². The van der Waals surface area contributed by atoms with Gasteiger partial charge in [-0.2, -0.15) is 5.10 Å². The normalized spacial score (nSPS) is 21.7. The Morgan fingerprint density at radius 2 is 2.11 bits per heavy atom. The van der Waals surface area contributed by atoms with Crippen LogP contribution >= 0.6 is 0 Å². The van der Waals surface area contributed by atoms with Crippen molar-refractivity contribution in [2.45, 2.75) is 30.7 Å². The SMILES string of the molecule is Cc1c(S(=O)(=O)NC2CCCN(C)C2)c(N)nn1C. The number of sulfonamides is 1. The van der Waals surface area contributed by atoms with Crippen LogP contribution in [0.2, 0.25) is 0 Å². The topological polar surface area (TPSA) is 93.2 Å². The van der Waals surface area contributed by atoms with E-state index < -0.39 is 10.0 Å². The van der Waals surface area contributed by atoms with E-state index in [9.17, 15) is 8.42 Å². The van der Waals surface area contributed by atoms with E-state index in [0.29, 0.717) is 5.69 Å². The number of aromatic nitrogens is 2. The van der Waals surface area contributed by atoms with E-state index in [1.54, 1.807) is 14.0 Å². The molecule has 1 aromatic rings. The van der Waals surface area contributed by atoms with Gasteiger partial charge in [0.05, 0.1) is 5.69 Å². The van der Waals surface area contributed by atoms with Crippen molar-refractivity contribution in [2.24, 2.45) is 7.05 Å². The maximum absolute atomic E-state index is 12.4. The van der Waals surface area contributed by atoms with Crippen molar-refractivity contribution in [3.63, 3.8) is 0 Å². The number of nitrogens with zero attached hydrogens (tertiary/aromatic N) is 3. The summed E-state index contributed by atoms with van der Waals surface area (Å²) in [5, 5.41) is 3.95. The number of nitrogens with one attached hydrogen (secondary N) is 1. The zero-order valence-corrected chi connectivity index (χ0v) is 12.4. The van der Waals surface area contributed by atoms with Crippen LogP contribution in [0, 0.1) is 6.92 Å². The summed E-state index contributed by atoms with van der Waals surface area (Å²) in [5.41, 5.74) is 6.25. The first-order valence-corrected chi connectivity index (χ1v) is 7.79. The highest BCUT2D eigenvalue weighted by molar-refractivity contribution is 7.89. The van der Waals surface area contributed by atoms with Crippen LogP contribution in [0.4, 0.5) is 5.82 Å². The van der Waals surface area contributed by atoms with Gasteiger partial charge < -0.3 is 10.6 Å². The lowest BCUT2D eigenvalue weighted by Gasteiger charge is -2.29. The van der Waals surface area contributed by atoms with Gasteiger partial charge in [-0.3, -0.25) is 4.68 Å². The van der Waals surface area contributed by atoms with Crippen molar-refractivity contribution in [1.82, 2.24) is 19.4 Å². The molecule has 19 heavy (non-hydrogen) atoms. The summed E-state index contributed by atoms with van der Waals surface area (Å²) in [6.45, 7) is 3.43. The molecule has 0 aliphatic carbocycles. The molecule has 1 atom stereocenters. The Labute approximate surface area is 113 Å². The second-order valence-electron chi connectivity index (χ2n) is 5.15. The van der Waals surface area contributed by atoms with E-state index in [1.165, 1.54) is 4.68 Å². The molecule has 0 aromatic carbocycles. The maximum Gasteiger partial charge on any atom is 0.246 e. The molecule has 7 nitrogen and oxygen atoms in total. The molecule has 8 heteroatoms. The standard InChI is InChI=1S/C11H21N5O2S/c1-8-10(11(12)13-16(8)3)19(17,18)14-9-5-4-6-15(2)7-9/h9,14H,4-7H2,1-3H3,(H2,12,13). The Kier molecular flexibility index (Phi) is 3.84. The lowest BCUT2D eigenvalue weighted by atomic mass is 10.1. The molecule has 108 valence electrons. The van der Waals surface area contributed by atoms with Crippen LogP contribution in [0.5, 0.6) is 0 Å². The molecule has 1 aliphatic rings. The zero-order chi connectivity index (χ0) is 14.2. The summed E-state index contributed by atoms with van der Waals surface area (Å²) in [6, 6.07) is -0.0669. The molecule has 0 spiro atoms. The average molecular weight is 287 g/mol. The number of nitrogens with two attached hydrogens (primary N) is 1. The Morgan fingerprint density at radius 3 is 2.63 bits per heavy atom. The average Bonchev–Trinajstić information content (AvgIpc) is 2.52. The van der Waals surface area contributed by atoms with Crippen molar-refractivity contribution < 1.29 is 8.42 Å². The number of piperidine rings is 1. The van der Waals surface area contributed by atoms with E-state index in [1.807, 2.05) is 7.05 Å². The summed E-state index contributed by atoms with van der Waals surface area (Å²) in [5.74, 6) is 0.0525. The van der Waals surface area contributed by atoms with Crippen molar-refractivity contribution in [3.05, 3.63) is 5.69 Å². The Morgan fingerprint density at radius 1 is 1.42 bits per heavy atom. The number of likely N-dealkylation sites (N-methyl/N-ethyl adjacent to an activating group) is 1. The van der Waals surface area contributed by atoms with Crippen LogP contribution in [0.1, 0.15) is 18.5 Å². The first-order chi connectivity index (χ1) is 8.81. The van der Waals surface area contributed by atoms with Gasteiger partial charge in [-0.1, -0.05) is 0 Å². The third-order valence-electron chi connectivity index (χ3n) is 3.52. The van der Waals surface area contributed by atoms with Crippen LogP contribution in [-0.4, -0.2) is 49.3 Å². The molecule has 1 unspecified atom stereocenters. The Bertz CT molecular complexity index is 566. The molecule has 0 saturated carbocycles. The number of anilines is 1. The molecule has 1 aliphatic heterocycles. The second-order valence-corrected chi connectivity index (χ2v) is 6.80. The summed E-state index contributed by atoms with van der Waals surface area (Å²) >= 11 is 0. The highest BCUT2D eigenvalue weighted by Crippen LogP contribution is 2.22. The molecular weight excluding hydrogens is 266 g/mol. The minimum absolute atomic E-state index is 0.0525. The van der Waals surface area contributed by atoms with Gasteiger partial charge in [-0.05, 0) is 33.4 Å². The van der Waals surface area contributed by atoms with E-state index in [0.717, 1.165) is 25.9 Å². The number of rotatable bonds is 3. The fraction of sp³-hybridized carbons (Fsp3) is 0.727. The smallest absolute Gasteiger partial charge is 0.246 e. The van der Waals surface area contributed by atoms with Gasteiger partial charge >= 0.3 is 0 Å². The van der Waals surface area contributed by atoms with Crippen LogP contribution in [-0.2, 0) is 17.1 Å². The number of aryl methyl sites for hydroxylation is 1. The maximum atomic E-state index is 12.4. The molecule has 0 amide bonds. The first kappa shape index (κ1) is 14.3. The summed E-state index contributed by atoms with van der Waals surface area (Å²) in [7, 11) is 0.0610. The predicted octanol–water partition coefficient (Wildman–Crippen LogP) is -0.317. The van der Waals surface area contributed by atoms with Gasteiger partial charge in [-0.15, -0.1) is 0 Å². The molecule has 0 radical (unpaired) electrons. The minimum Gasteiger partial charge on any atom is -0.381 e. The number of nitrogen functional groups attached to an aromatic ring is 1. The predicted molar refractivity (Wildman–Crippen MR) is 73.2 cm³/mol. The fourth-order valence-electron chi connectivity index (χ4n) is 2.49. The third kappa shape index (κ3) is 2.90. The molecule has 1 saturated heterocycles. The minimum atomic E-state index is -3.61. The van der Waals surface area contributed by atoms with E-state index in [2.05, 4.69) is 14.7 Å². The Balaban J connectivity index is 2.23. The lowest BCUT2D eigenvalue weighted by molar-refractivity contribution is 0.242. The van der Waals surface area contributed by atoms with Gasteiger partial charge in [0.25, 0.3) is 0 Å². The van der Waals surface area contributed by atoms with Gasteiger partial charge in [0.15, 0.2) is 5.82 Å². The van der Waals surface area contributed by atoms with Crippen LogP contribution < -0.4 is 10.5 Å². The van der Waals surface area contributed by atoms with E-state index in [-0.39, 0.29) is 16.8 Å². The first-order valence-electron chi connectivity index (χ1n) is 6.31. The number of hydrogen-bond donors (Lipinski definition) is 2. The Hall–Kier alpha value is -1.12. The van der Waals surface area contributed by atoms with Crippen LogP contribution in [0.3, 0.4) is 0 Å². The largest absolute Gasteiger partial charge is 0.381 e. The highest BCUT2D eigenvalue weighted by Gasteiger charge is 2.28. The highest BCUT2D eigenvalue weighted by atomic mass is 32.2. The summed E-state index contributed by atoms with van der Waals surface area (Å²) in [6.07, 6.45) is 1.84. The number of hydrogen-bond acceptors (Lipinski definition) is 5. The van der Waals surface area contributed by atoms with Crippen molar-refractivity contribution in [2.75, 3.05) is 25.9 Å². The quantitative estimate of drug-likeness (QED) is 0.795. The van der Waals surface area contributed by atoms with Gasteiger partial charge in [0.1, 0.15) is 4.90 Å². The molecule has 1 fully saturated rings. The second kappa shape index (κ2) is 5.10. The molecule has 3 N–H and O–H groups in total. The summed E-state index contributed by atoms with van der Waals surface area (Å²) < 4.78 is 29.0. The van der Waals surface area contributed by atoms with E-state index >= 15 is 0 Å². The van der Waals surface area contributed by atoms with Crippen molar-refractivity contribution in [1.29, 1.82) is 0 Å². The van der Waals surface area contributed by atoms with Crippen LogP contribution in [0.25, 0.3) is 0 Å². The van der Waals surface area contributed by atoms with Crippen molar-refractivity contribution in [3.8, 4) is 0 Å². The molecule has 0 bridgehead atoms. The molecule has 1 aromatic heterocycles. The van der Waals surface area contributed by atoms with Gasteiger partial charge in [-0.25, -0.2) is 13.1 Å². The zero-order valence-electron chi connectivity index (χ0n) is 11.5. The summed E-state index contributed by atoms with van der Waals surface area (Å²) in [4.78, 5) is 2.22. The van der Waals surface area contributed by atoms with Gasteiger partial charge in [0, 0.05) is 19.6 Å². The fourth-order valence-corrected chi connectivity index (χ4v) is 4.07. The number of likely N-dealkylation sites (tertiary alicyclic amines) is 1. The molecular formula is C11H21N5O2S. The molecule has 2 rings (SSSR count). The van der Waals surface area contributed by atoms with E-state index in [4.69, 9.17) is 5.73 Å². The monoisotopic (exact) mass is 287 g/mol. The third-order valence-corrected chi connectivity index (χ3v) is 5.21. The molecule has 2 heterocycles. The van der Waals surface area contributed by atoms with Gasteiger partial charge in [0.2, 0.25) is 10.0 Å². The van der Waals surface area contributed by atoms with Crippen LogP contribution in [0.15, 0.2) is 4.90 Å².